The minimum absolute atomic E-state index is 0.659. The van der Waals surface area contributed by atoms with Crippen LogP contribution in [0.25, 0.3) is 0 Å². The predicted octanol–water partition coefficient (Wildman–Crippen LogP) is 2.65. The topological polar surface area (TPSA) is 80.4 Å². The highest BCUT2D eigenvalue weighted by Crippen LogP contribution is 2.27. The molecule has 5 heteroatoms. The molecule has 112 valence electrons. The number of nitrogens with one attached hydrogen (secondary N) is 1. The molecule has 1 aromatic heterocycles. The first-order valence-electron chi connectivity index (χ1n) is 6.90. The fraction of sp³-hybridized carbons (Fsp3) is 0.312. The molecule has 1 atom stereocenters. The van der Waals surface area contributed by atoms with Crippen molar-refractivity contribution < 1.29 is 9.84 Å². The minimum Gasteiger partial charge on any atom is -0.481 e. The van der Waals surface area contributed by atoms with Crippen LogP contribution in [0, 0.1) is 6.92 Å². The average Bonchev–Trinajstić information content (AvgIpc) is 2.49. The minimum atomic E-state index is -0.979. The first kappa shape index (κ1) is 15.3. The Hall–Kier alpha value is -2.11. The van der Waals surface area contributed by atoms with E-state index in [9.17, 15) is 5.11 Å². The van der Waals surface area contributed by atoms with Crippen molar-refractivity contribution in [2.24, 2.45) is 5.73 Å². The molecule has 2 rings (SSSR count). The van der Waals surface area contributed by atoms with Crippen LogP contribution >= 0.6 is 0 Å². The summed E-state index contributed by atoms with van der Waals surface area (Å²) < 4.78 is 5.28. The molecule has 0 aliphatic heterocycles. The number of aliphatic hydroxyl groups is 1. The molecular weight excluding hydrogens is 266 g/mol. The van der Waals surface area contributed by atoms with E-state index >= 15 is 0 Å². The van der Waals surface area contributed by atoms with Gasteiger partial charge in [-0.15, -0.1) is 0 Å². The number of aryl methyl sites for hydroxylation is 2. The molecule has 0 spiro atoms. The molecule has 0 radical (unpaired) electrons. The first-order chi connectivity index (χ1) is 10.0. The highest BCUT2D eigenvalue weighted by atomic mass is 16.5. The standard InChI is InChI=1S/C16H21N3O2/c1-4-11-9-14(10(2)18-16(11)21-3)19-13-7-5-6-12(8-13)15(17)20/h5-9,15,19-20H,4,17H2,1-3H3. The Morgan fingerprint density at radius 2 is 2.14 bits per heavy atom. The summed E-state index contributed by atoms with van der Waals surface area (Å²) in [4.78, 5) is 4.46. The second-order valence-corrected chi connectivity index (χ2v) is 4.84. The fourth-order valence-corrected chi connectivity index (χ4v) is 2.14. The second kappa shape index (κ2) is 6.56. The normalized spacial score (nSPS) is 12.0. The van der Waals surface area contributed by atoms with Gasteiger partial charge in [-0.2, -0.15) is 0 Å². The first-order valence-corrected chi connectivity index (χ1v) is 6.90. The van der Waals surface area contributed by atoms with Gasteiger partial charge in [-0.1, -0.05) is 19.1 Å². The van der Waals surface area contributed by atoms with Crippen molar-refractivity contribution in [3.05, 3.63) is 47.2 Å². The van der Waals surface area contributed by atoms with Gasteiger partial charge in [0.15, 0.2) is 0 Å². The summed E-state index contributed by atoms with van der Waals surface area (Å²) in [5, 5.41) is 12.7. The molecule has 0 aliphatic rings. The predicted molar refractivity (Wildman–Crippen MR) is 83.8 cm³/mol. The van der Waals surface area contributed by atoms with Crippen LogP contribution in [0.2, 0.25) is 0 Å². The van der Waals surface area contributed by atoms with Gasteiger partial charge in [0.2, 0.25) is 5.88 Å². The van der Waals surface area contributed by atoms with Crippen molar-refractivity contribution in [3.8, 4) is 5.88 Å². The molecule has 1 unspecified atom stereocenters. The largest absolute Gasteiger partial charge is 0.481 e. The summed E-state index contributed by atoms with van der Waals surface area (Å²) >= 11 is 0. The van der Waals surface area contributed by atoms with Crippen LogP contribution in [0.1, 0.15) is 30.0 Å². The van der Waals surface area contributed by atoms with Gasteiger partial charge < -0.3 is 20.9 Å². The lowest BCUT2D eigenvalue weighted by Crippen LogP contribution is -2.08. The van der Waals surface area contributed by atoms with Gasteiger partial charge in [-0.3, -0.25) is 0 Å². The van der Waals surface area contributed by atoms with Gasteiger partial charge in [0.25, 0.3) is 0 Å². The van der Waals surface area contributed by atoms with E-state index in [1.54, 1.807) is 13.2 Å². The third-order valence-electron chi connectivity index (χ3n) is 3.33. The van der Waals surface area contributed by atoms with Crippen molar-refractivity contribution >= 4 is 11.4 Å². The Kier molecular flexibility index (Phi) is 4.77. The molecule has 2 aromatic rings. The van der Waals surface area contributed by atoms with Gasteiger partial charge >= 0.3 is 0 Å². The Labute approximate surface area is 124 Å². The number of anilines is 2. The van der Waals surface area contributed by atoms with Crippen molar-refractivity contribution in [1.29, 1.82) is 0 Å². The lowest BCUT2D eigenvalue weighted by molar-refractivity contribution is 0.186. The monoisotopic (exact) mass is 287 g/mol. The van der Waals surface area contributed by atoms with E-state index < -0.39 is 6.23 Å². The number of pyridine rings is 1. The third kappa shape index (κ3) is 3.51. The van der Waals surface area contributed by atoms with Crippen molar-refractivity contribution in [3.63, 3.8) is 0 Å². The Bertz CT molecular complexity index is 627. The Morgan fingerprint density at radius 3 is 2.76 bits per heavy atom. The van der Waals surface area contributed by atoms with Gasteiger partial charge in [0.1, 0.15) is 6.23 Å². The molecular formula is C16H21N3O2. The molecule has 0 fully saturated rings. The van der Waals surface area contributed by atoms with E-state index in [1.807, 2.05) is 31.2 Å². The fourth-order valence-electron chi connectivity index (χ4n) is 2.14. The van der Waals surface area contributed by atoms with Crippen LogP contribution in [0.15, 0.2) is 30.3 Å². The molecule has 0 saturated heterocycles. The third-order valence-corrected chi connectivity index (χ3v) is 3.33. The average molecular weight is 287 g/mol. The van der Waals surface area contributed by atoms with E-state index in [-0.39, 0.29) is 0 Å². The van der Waals surface area contributed by atoms with E-state index in [0.29, 0.717) is 11.4 Å². The number of ether oxygens (including phenoxy) is 1. The van der Waals surface area contributed by atoms with E-state index in [0.717, 1.165) is 29.1 Å². The van der Waals surface area contributed by atoms with Crippen LogP contribution in [-0.2, 0) is 6.42 Å². The number of hydrogen-bond donors (Lipinski definition) is 3. The molecule has 1 aromatic carbocycles. The lowest BCUT2D eigenvalue weighted by atomic mass is 10.1. The van der Waals surface area contributed by atoms with Crippen LogP contribution in [0.3, 0.4) is 0 Å². The van der Waals surface area contributed by atoms with E-state index in [4.69, 9.17) is 10.5 Å². The zero-order valence-corrected chi connectivity index (χ0v) is 12.6. The zero-order valence-electron chi connectivity index (χ0n) is 12.6. The maximum atomic E-state index is 9.44. The molecule has 0 bridgehead atoms. The highest BCUT2D eigenvalue weighted by Gasteiger charge is 2.09. The van der Waals surface area contributed by atoms with Crippen LogP contribution in [0.4, 0.5) is 11.4 Å². The molecule has 21 heavy (non-hydrogen) atoms. The van der Waals surface area contributed by atoms with Gasteiger partial charge in [-0.05, 0) is 37.1 Å². The molecule has 0 amide bonds. The van der Waals surface area contributed by atoms with Gasteiger partial charge in [-0.25, -0.2) is 4.98 Å². The number of methoxy groups -OCH3 is 1. The number of hydrogen-bond acceptors (Lipinski definition) is 5. The van der Waals surface area contributed by atoms with Gasteiger partial charge in [0.05, 0.1) is 18.5 Å². The smallest absolute Gasteiger partial charge is 0.216 e. The summed E-state index contributed by atoms with van der Waals surface area (Å²) in [5.41, 5.74) is 9.81. The highest BCUT2D eigenvalue weighted by molar-refractivity contribution is 5.64. The summed E-state index contributed by atoms with van der Waals surface area (Å²) in [6.07, 6.45) is -0.139. The van der Waals surface area contributed by atoms with Crippen LogP contribution < -0.4 is 15.8 Å². The lowest BCUT2D eigenvalue weighted by Gasteiger charge is -2.14. The van der Waals surface area contributed by atoms with Crippen molar-refractivity contribution in [2.45, 2.75) is 26.5 Å². The Morgan fingerprint density at radius 1 is 1.38 bits per heavy atom. The number of nitrogens with zero attached hydrogens (tertiary/aromatic N) is 1. The van der Waals surface area contributed by atoms with Crippen molar-refractivity contribution in [2.75, 3.05) is 12.4 Å². The Balaban J connectivity index is 2.33. The number of aliphatic hydroxyl groups excluding tert-OH is 1. The zero-order chi connectivity index (χ0) is 15.4. The van der Waals surface area contributed by atoms with E-state index in [1.165, 1.54) is 0 Å². The van der Waals surface area contributed by atoms with Crippen LogP contribution in [-0.4, -0.2) is 17.2 Å². The SMILES string of the molecule is CCc1cc(Nc2cccc(C(N)O)c2)c(C)nc1OC. The maximum Gasteiger partial charge on any atom is 0.216 e. The summed E-state index contributed by atoms with van der Waals surface area (Å²) in [6, 6.07) is 9.40. The summed E-state index contributed by atoms with van der Waals surface area (Å²) in [6.45, 7) is 3.98. The number of aromatic nitrogens is 1. The van der Waals surface area contributed by atoms with Crippen LogP contribution in [0.5, 0.6) is 5.88 Å². The number of nitrogens with two attached hydrogens (primary N) is 1. The number of rotatable bonds is 5. The second-order valence-electron chi connectivity index (χ2n) is 4.84. The number of benzene rings is 1. The molecule has 1 heterocycles. The maximum absolute atomic E-state index is 9.44. The molecule has 0 aliphatic carbocycles. The molecule has 5 nitrogen and oxygen atoms in total. The quantitative estimate of drug-likeness (QED) is 0.737. The molecule has 0 saturated carbocycles. The molecule has 4 N–H and O–H groups in total. The van der Waals surface area contributed by atoms with Gasteiger partial charge in [0, 0.05) is 11.3 Å². The summed E-state index contributed by atoms with van der Waals surface area (Å²) in [5.74, 6) is 0.659. The van der Waals surface area contributed by atoms with Crippen molar-refractivity contribution in [1.82, 2.24) is 4.98 Å². The van der Waals surface area contributed by atoms with E-state index in [2.05, 4.69) is 17.2 Å². The summed E-state index contributed by atoms with van der Waals surface area (Å²) in [7, 11) is 1.63.